The third-order valence-electron chi connectivity index (χ3n) is 5.04. The van der Waals surface area contributed by atoms with E-state index in [-0.39, 0.29) is 43.3 Å². The maximum atomic E-state index is 12.6. The summed E-state index contributed by atoms with van der Waals surface area (Å²) in [5.74, 6) is -1.05. The van der Waals surface area contributed by atoms with Crippen molar-refractivity contribution in [1.29, 1.82) is 0 Å². The predicted molar refractivity (Wildman–Crippen MR) is 115 cm³/mol. The number of amides is 2. The van der Waals surface area contributed by atoms with Crippen molar-refractivity contribution in [3.63, 3.8) is 0 Å². The minimum absolute atomic E-state index is 0.0533. The molecule has 0 aliphatic carbocycles. The van der Waals surface area contributed by atoms with E-state index >= 15 is 0 Å². The second kappa shape index (κ2) is 10.5. The Morgan fingerprint density at radius 3 is 2.65 bits per heavy atom. The van der Waals surface area contributed by atoms with E-state index in [4.69, 9.17) is 5.11 Å². The monoisotopic (exact) mass is 479 g/mol. The molecule has 0 aliphatic rings. The lowest BCUT2D eigenvalue weighted by Crippen LogP contribution is -2.32. The van der Waals surface area contributed by atoms with Crippen molar-refractivity contribution in [2.45, 2.75) is 33.1 Å². The molecule has 3 rings (SSSR count). The van der Waals surface area contributed by atoms with Crippen LogP contribution in [0.3, 0.4) is 0 Å². The smallest absolute Gasteiger partial charge is 0.406 e. The number of hydrogen-bond acceptors (Lipinski definition) is 6. The van der Waals surface area contributed by atoms with Crippen LogP contribution in [0.1, 0.15) is 39.3 Å². The Bertz CT molecular complexity index is 1190. The molecule has 12 heteroatoms. The van der Waals surface area contributed by atoms with Gasteiger partial charge in [0.25, 0.3) is 5.91 Å². The van der Waals surface area contributed by atoms with Crippen molar-refractivity contribution >= 4 is 17.5 Å². The van der Waals surface area contributed by atoms with Gasteiger partial charge in [0, 0.05) is 37.3 Å². The normalized spacial score (nSPS) is 11.5. The first kappa shape index (κ1) is 25.0. The lowest BCUT2D eigenvalue weighted by Gasteiger charge is -2.13. The van der Waals surface area contributed by atoms with Gasteiger partial charge < -0.3 is 20.5 Å². The lowest BCUT2D eigenvalue weighted by atomic mass is 10.0. The molecule has 0 spiro atoms. The van der Waals surface area contributed by atoms with Gasteiger partial charge in [-0.2, -0.15) is 5.10 Å². The summed E-state index contributed by atoms with van der Waals surface area (Å²) in [4.78, 5) is 28.7. The first-order chi connectivity index (χ1) is 16.1. The van der Waals surface area contributed by atoms with E-state index < -0.39 is 12.3 Å². The summed E-state index contributed by atoms with van der Waals surface area (Å²) in [6.07, 6.45) is -3.06. The number of hydrogen-bond donors (Lipinski definition) is 3. The Hall–Kier alpha value is -3.67. The number of halogens is 3. The topological polar surface area (TPSA) is 118 Å². The van der Waals surface area contributed by atoms with E-state index in [2.05, 4.69) is 25.5 Å². The van der Waals surface area contributed by atoms with E-state index in [1.807, 2.05) is 0 Å². The van der Waals surface area contributed by atoms with Crippen LogP contribution in [0, 0.1) is 13.8 Å². The van der Waals surface area contributed by atoms with Crippen LogP contribution in [0.4, 0.5) is 13.2 Å². The number of ether oxygens (including phenoxy) is 1. The number of nitrogens with one attached hydrogen (secondary N) is 2. The van der Waals surface area contributed by atoms with Crippen molar-refractivity contribution in [2.75, 3.05) is 19.7 Å². The third kappa shape index (κ3) is 6.22. The highest BCUT2D eigenvalue weighted by atomic mass is 19.4. The number of aryl methyl sites for hydroxylation is 2. The molecule has 2 aromatic heterocycles. The number of carbonyl (C=O) groups excluding carboxylic acids is 2. The van der Waals surface area contributed by atoms with Gasteiger partial charge in [0.05, 0.1) is 12.8 Å². The van der Waals surface area contributed by atoms with E-state index in [1.54, 1.807) is 19.9 Å². The number of carbonyl (C=O) groups is 2. The van der Waals surface area contributed by atoms with Crippen molar-refractivity contribution in [1.82, 2.24) is 25.2 Å². The fraction of sp³-hybridized carbons (Fsp3) is 0.364. The largest absolute Gasteiger partial charge is 0.573 e. The van der Waals surface area contributed by atoms with Crippen molar-refractivity contribution < 1.29 is 32.6 Å². The molecule has 0 saturated heterocycles. The Morgan fingerprint density at radius 2 is 1.94 bits per heavy atom. The van der Waals surface area contributed by atoms with Gasteiger partial charge in [-0.1, -0.05) is 12.1 Å². The summed E-state index contributed by atoms with van der Waals surface area (Å²) in [5.41, 5.74) is 3.20. The molecular formula is C22H24F3N5O4. The SMILES string of the molecule is Cc1nc2c(C(=O)NCCC(=O)NCCO)cnn2c(C)c1Cc1cccc(OC(F)(F)F)c1. The molecule has 0 fully saturated rings. The van der Waals surface area contributed by atoms with E-state index in [1.165, 1.54) is 28.9 Å². The fourth-order valence-corrected chi connectivity index (χ4v) is 3.45. The molecule has 0 radical (unpaired) electrons. The molecule has 2 amide bonds. The van der Waals surface area contributed by atoms with Crippen LogP contribution in [-0.4, -0.2) is 57.6 Å². The Kier molecular flexibility index (Phi) is 7.72. The molecule has 0 saturated carbocycles. The first-order valence-electron chi connectivity index (χ1n) is 10.4. The first-order valence-corrected chi connectivity index (χ1v) is 10.4. The van der Waals surface area contributed by atoms with Crippen LogP contribution in [0.25, 0.3) is 5.65 Å². The number of aromatic nitrogens is 3. The summed E-state index contributed by atoms with van der Waals surface area (Å²) in [7, 11) is 0. The van der Waals surface area contributed by atoms with Crippen LogP contribution < -0.4 is 15.4 Å². The highest BCUT2D eigenvalue weighted by molar-refractivity contribution is 5.99. The highest BCUT2D eigenvalue weighted by Gasteiger charge is 2.31. The van der Waals surface area contributed by atoms with Crippen LogP contribution in [0.15, 0.2) is 30.5 Å². The molecule has 0 unspecified atom stereocenters. The minimum Gasteiger partial charge on any atom is -0.406 e. The molecule has 2 heterocycles. The molecule has 0 atom stereocenters. The number of nitrogens with zero attached hydrogens (tertiary/aromatic N) is 3. The molecule has 0 bridgehead atoms. The second-order valence-electron chi connectivity index (χ2n) is 7.51. The fourth-order valence-electron chi connectivity index (χ4n) is 3.45. The summed E-state index contributed by atoms with van der Waals surface area (Å²) >= 11 is 0. The molecule has 9 nitrogen and oxygen atoms in total. The van der Waals surface area contributed by atoms with E-state index in [0.29, 0.717) is 29.0 Å². The summed E-state index contributed by atoms with van der Waals surface area (Å²) in [5, 5.41) is 18.1. The molecule has 0 aliphatic heterocycles. The zero-order valence-corrected chi connectivity index (χ0v) is 18.6. The molecule has 34 heavy (non-hydrogen) atoms. The summed E-state index contributed by atoms with van der Waals surface area (Å²) in [6.45, 7) is 3.61. The number of alkyl halides is 3. The lowest BCUT2D eigenvalue weighted by molar-refractivity contribution is -0.274. The Morgan fingerprint density at radius 1 is 1.18 bits per heavy atom. The Labute approximate surface area is 192 Å². The van der Waals surface area contributed by atoms with Crippen molar-refractivity contribution in [3.05, 3.63) is 58.5 Å². The molecule has 3 N–H and O–H groups in total. The van der Waals surface area contributed by atoms with Crippen LogP contribution in [0.2, 0.25) is 0 Å². The summed E-state index contributed by atoms with van der Waals surface area (Å²) in [6, 6.07) is 5.71. The average molecular weight is 479 g/mol. The minimum atomic E-state index is -4.78. The summed E-state index contributed by atoms with van der Waals surface area (Å²) < 4.78 is 43.1. The highest BCUT2D eigenvalue weighted by Crippen LogP contribution is 2.26. The van der Waals surface area contributed by atoms with Crippen LogP contribution in [-0.2, 0) is 11.2 Å². The zero-order chi connectivity index (χ0) is 24.9. The van der Waals surface area contributed by atoms with Gasteiger partial charge in [-0.3, -0.25) is 9.59 Å². The van der Waals surface area contributed by atoms with Gasteiger partial charge in [-0.05, 0) is 37.1 Å². The number of aliphatic hydroxyl groups excluding tert-OH is 1. The van der Waals surface area contributed by atoms with Gasteiger partial charge in [0.1, 0.15) is 11.3 Å². The standard InChI is InChI=1S/C22H24F3N5O4/c1-13-17(11-15-4-3-5-16(10-15)34-22(23,24)25)14(2)30-20(29-13)18(12-28-30)21(33)27-7-6-19(32)26-8-9-31/h3-5,10,12,31H,6-9,11H2,1-2H3,(H,26,32)(H,27,33). The van der Waals surface area contributed by atoms with Crippen LogP contribution in [0.5, 0.6) is 5.75 Å². The molecule has 1 aromatic carbocycles. The zero-order valence-electron chi connectivity index (χ0n) is 18.6. The van der Waals surface area contributed by atoms with Crippen molar-refractivity contribution in [2.24, 2.45) is 0 Å². The predicted octanol–water partition coefficient (Wildman–Crippen LogP) is 2.06. The van der Waals surface area contributed by atoms with Gasteiger partial charge in [-0.25, -0.2) is 9.50 Å². The average Bonchev–Trinajstić information content (AvgIpc) is 3.18. The third-order valence-corrected chi connectivity index (χ3v) is 5.04. The van der Waals surface area contributed by atoms with Gasteiger partial charge >= 0.3 is 6.36 Å². The van der Waals surface area contributed by atoms with Gasteiger partial charge in [-0.15, -0.1) is 13.2 Å². The number of aliphatic hydroxyl groups is 1. The van der Waals surface area contributed by atoms with Gasteiger partial charge in [0.2, 0.25) is 5.91 Å². The van der Waals surface area contributed by atoms with E-state index in [0.717, 1.165) is 5.56 Å². The molecular weight excluding hydrogens is 455 g/mol. The quantitative estimate of drug-likeness (QED) is 0.433. The van der Waals surface area contributed by atoms with Crippen molar-refractivity contribution in [3.8, 4) is 5.75 Å². The number of fused-ring (bicyclic) bond motifs is 1. The maximum Gasteiger partial charge on any atom is 0.573 e. The molecule has 3 aromatic rings. The second-order valence-corrected chi connectivity index (χ2v) is 7.51. The van der Waals surface area contributed by atoms with E-state index in [9.17, 15) is 22.8 Å². The Balaban J connectivity index is 1.77. The van der Waals surface area contributed by atoms with Crippen LogP contribution >= 0.6 is 0 Å². The number of benzene rings is 1. The maximum absolute atomic E-state index is 12.6. The molecule has 182 valence electrons. The number of rotatable bonds is 9. The van der Waals surface area contributed by atoms with Gasteiger partial charge in [0.15, 0.2) is 5.65 Å².